The molecule has 3 aromatic carbocycles. The number of carbonyl (C=O) groups is 10. The number of para-hydroxylation sites is 1. The van der Waals surface area contributed by atoms with Crippen LogP contribution in [0.3, 0.4) is 0 Å². The maximum Gasteiger partial charge on any atom is 0.535 e. The van der Waals surface area contributed by atoms with Gasteiger partial charge in [-0.3, -0.25) is 48.1 Å². The van der Waals surface area contributed by atoms with Gasteiger partial charge in [0, 0.05) is 92.5 Å². The number of ether oxygens (including phenoxy) is 6. The van der Waals surface area contributed by atoms with E-state index in [-0.39, 0.29) is 121 Å². The van der Waals surface area contributed by atoms with Gasteiger partial charge in [-0.1, -0.05) is 228 Å². The molecule has 6 aromatic rings. The lowest BCUT2D eigenvalue weighted by Crippen LogP contribution is -2.60. The number of rotatable bonds is 51. The minimum atomic E-state index is -0.947. The summed E-state index contributed by atoms with van der Waals surface area (Å²) in [5.74, 6) is -3.03. The molecule has 6 N–H and O–H groups in total. The Hall–Kier alpha value is -9.18. The van der Waals surface area contributed by atoms with Crippen LogP contribution < -0.4 is 26.1 Å². The van der Waals surface area contributed by atoms with Gasteiger partial charge in [0.15, 0.2) is 0 Å². The Morgan fingerprint density at radius 1 is 0.471 bits per heavy atom. The maximum absolute atomic E-state index is 14.5. The number of likely N-dealkylation sites (N-methyl/N-ethyl adjacent to an activating group) is 3. The van der Waals surface area contributed by atoms with E-state index in [4.69, 9.17) is 33.3 Å². The second-order valence-electron chi connectivity index (χ2n) is 36.9. The second kappa shape index (κ2) is 60.2. The van der Waals surface area contributed by atoms with Crippen molar-refractivity contribution in [2.75, 3.05) is 87.4 Å². The summed E-state index contributed by atoms with van der Waals surface area (Å²) < 4.78 is 34.4. The molecule has 0 aliphatic carbocycles. The number of fused-ring (bicyclic) bond motifs is 1. The summed E-state index contributed by atoms with van der Waals surface area (Å²) in [5, 5.41) is 43.0. The van der Waals surface area contributed by atoms with Gasteiger partial charge in [0.1, 0.15) is 52.4 Å². The number of nitrogens with zero attached hydrogens (tertiary/aromatic N) is 10. The first-order valence-corrected chi connectivity index (χ1v) is 52.8. The van der Waals surface area contributed by atoms with Crippen molar-refractivity contribution < 1.29 is 91.4 Å². The van der Waals surface area contributed by atoms with Crippen LogP contribution in [-0.2, 0) is 66.8 Å². The predicted molar refractivity (Wildman–Crippen MR) is 541 cm³/mol. The van der Waals surface area contributed by atoms with Gasteiger partial charge in [-0.05, 0) is 156 Å². The smallest absolute Gasteiger partial charge is 0.448 e. The predicted octanol–water partition coefficient (Wildman–Crippen LogP) is 14.0. The summed E-state index contributed by atoms with van der Waals surface area (Å²) in [6, 6.07) is 31.5. The molecule has 8 rings (SSSR count). The van der Waals surface area contributed by atoms with Crippen LogP contribution in [0.2, 0.25) is 0 Å². The molecule has 5 heterocycles. The zero-order valence-electron chi connectivity index (χ0n) is 85.1. The van der Waals surface area contributed by atoms with Crippen LogP contribution in [0.1, 0.15) is 199 Å². The highest BCUT2D eigenvalue weighted by Crippen LogP contribution is 2.36. The number of aliphatic hydroxyl groups excluding tert-OH is 2. The molecule has 2 aliphatic rings. The average molecular weight is 2000 g/mol. The Morgan fingerprint density at radius 2 is 0.884 bits per heavy atom. The summed E-state index contributed by atoms with van der Waals surface area (Å²) in [4.78, 5) is 159. The quantitative estimate of drug-likeness (QED) is 0.00894. The van der Waals surface area contributed by atoms with Gasteiger partial charge < -0.3 is 79.5 Å². The fourth-order valence-electron chi connectivity index (χ4n) is 17.8. The third-order valence-corrected chi connectivity index (χ3v) is 30.4. The molecule has 37 heteroatoms. The lowest BCUT2D eigenvalue weighted by Gasteiger charge is -2.41. The van der Waals surface area contributed by atoms with E-state index in [0.717, 1.165) is 34.2 Å². The van der Waals surface area contributed by atoms with E-state index in [1.165, 1.54) is 58.5 Å². The van der Waals surface area contributed by atoms with Crippen LogP contribution in [0.4, 0.5) is 9.59 Å². The number of aromatic nitrogens is 5. The standard InChI is InChI=1S/C47H74N6O9S2.C40H68N4O7.C14H12N4O3S2/c1-13-31(6)41(36(60-11)28-38(54)53-25-19-22-35(53)43(61-12)32(7)44(56)49-33(8)42(55)34-20-15-14-16-21-34)51(9)46(58)39(29(2)3)50-45(57)40(30(4)5)52(10)47(59)62-26-27-63-64-37-23-17-18-24-48-37;1-13-26(7)35(43(10)40(49)34(25(5)6)42-39(48)30(14-2)24(3)4)32(50-11)23-33(45)44-22-18-21-31(44)37(51-12)27(8)38(47)41-28(9)36(46)29-19-16-15-17-20-29;19-14(20-9-10-22-23-13-7-3-4-8-15-13)21-18-12-6-2-1-5-11(12)16-17-18/h14-18,20-21,23-24,29-33,35-36,39-43,55H,13,19,22,25-28H2,1-12H3,(H,49,56)(H,50,57);15-17,19-20,24-28,30-32,34-37,46H,13-14,18,21-23H2,1-12H3,(H,41,47)(H,42,48);1-8H,9-10H2/t31-,32+,33+,35-,36+,39-,40-,41-,42+,43+;26-,27+,28+,30-,31-,32+,34-,35-,36+,37+;/m00./s1. The Bertz CT molecular complexity index is 4680. The van der Waals surface area contributed by atoms with Crippen molar-refractivity contribution in [3.63, 3.8) is 0 Å². The molecule has 0 saturated carbocycles. The number of amides is 9. The number of carbonyl (C=O) groups excluding carboxylic acids is 10. The molecule has 2 aliphatic heterocycles. The van der Waals surface area contributed by atoms with Crippen LogP contribution in [0.5, 0.6) is 0 Å². The average Bonchev–Trinajstić information content (AvgIpc) is 1.64. The maximum atomic E-state index is 14.5. The van der Waals surface area contributed by atoms with Gasteiger partial charge in [0.05, 0.1) is 97.6 Å². The highest BCUT2D eigenvalue weighted by Gasteiger charge is 2.47. The summed E-state index contributed by atoms with van der Waals surface area (Å²) in [6.45, 7) is 33.8. The summed E-state index contributed by atoms with van der Waals surface area (Å²) in [7, 11) is 17.2. The molecular weight excluding hydrogens is 1840 g/mol. The molecule has 0 spiro atoms. The number of benzene rings is 3. The molecule has 9 amide bonds. The zero-order valence-corrected chi connectivity index (χ0v) is 88.4. The number of methoxy groups -OCH3 is 4. The first kappa shape index (κ1) is 118. The normalized spacial score (nSPS) is 17.7. The SMILES string of the molecule is CC[C@H](C(=O)N[C@H](C(=O)N(C)[C@@H]([C@@H](C)CC)[C@@H](CC(=O)N1CCC[C@H]1[C@H](OC)[C@@H](C)C(=O)N[C@H](C)[C@@H](O)c1ccccc1)OC)C(C)C)C(C)C.CC[C@H](C)[C@@H]([C@@H](CC(=O)N1CCC[C@H]1[C@H](OC)[C@@H](C)C(=O)N[C@H](C)[C@@H](O)c1ccccc1)OC)N(C)C(=O)[C@@H](NC(=O)[C@H](C(C)C)N(C)C(=O)OCCSSc1ccccn1)C(C)C.O=C(OCCSSc1ccccn1)On1nnc2ccccc21. The molecule has 3 aromatic heterocycles. The van der Waals surface area contributed by atoms with E-state index in [2.05, 4.69) is 48.5 Å². The van der Waals surface area contributed by atoms with Crippen molar-refractivity contribution in [2.45, 2.75) is 277 Å². The second-order valence-corrected chi connectivity index (χ2v) is 41.8. The molecule has 0 radical (unpaired) electrons. The Labute approximate surface area is 832 Å². The summed E-state index contributed by atoms with van der Waals surface area (Å²) in [6.07, 6.45) is 2.67. The lowest BCUT2D eigenvalue weighted by atomic mass is 9.89. The highest BCUT2D eigenvalue weighted by atomic mass is 33.1. The third kappa shape index (κ3) is 34.6. The Morgan fingerprint density at radius 3 is 1.27 bits per heavy atom. The fourth-order valence-corrected chi connectivity index (χ4v) is 21.2. The van der Waals surface area contributed by atoms with Gasteiger partial charge in [0.2, 0.25) is 47.3 Å². The lowest BCUT2D eigenvalue weighted by molar-refractivity contribution is -0.148. The minimum Gasteiger partial charge on any atom is -0.448 e. The van der Waals surface area contributed by atoms with E-state index in [0.29, 0.717) is 72.4 Å². The van der Waals surface area contributed by atoms with E-state index in [9.17, 15) is 58.2 Å². The number of hydrogen-bond donors (Lipinski definition) is 6. The topological polar surface area (TPSA) is 397 Å². The van der Waals surface area contributed by atoms with E-state index in [1.54, 1.807) is 111 Å². The molecule has 0 bridgehead atoms. The highest BCUT2D eigenvalue weighted by molar-refractivity contribution is 8.77. The summed E-state index contributed by atoms with van der Waals surface area (Å²) >= 11 is 0. The van der Waals surface area contributed by atoms with Gasteiger partial charge >= 0.3 is 12.2 Å². The first-order chi connectivity index (χ1) is 65.8. The van der Waals surface area contributed by atoms with Crippen LogP contribution in [0.15, 0.2) is 144 Å². The molecule has 33 nitrogen and oxygen atoms in total. The van der Waals surface area contributed by atoms with Gasteiger partial charge in [-0.15, -0.1) is 5.10 Å². The largest absolute Gasteiger partial charge is 0.535 e. The monoisotopic (exact) mass is 2000 g/mol. The number of aliphatic hydroxyl groups is 2. The molecule has 766 valence electrons. The number of pyridine rings is 2. The van der Waals surface area contributed by atoms with Crippen LogP contribution in [0, 0.1) is 53.3 Å². The molecule has 2 saturated heterocycles. The molecule has 0 unspecified atom stereocenters. The first-order valence-electron chi connectivity index (χ1n) is 48.1. The van der Waals surface area contributed by atoms with Crippen molar-refractivity contribution in [2.24, 2.45) is 53.3 Å². The van der Waals surface area contributed by atoms with Crippen LogP contribution >= 0.6 is 43.2 Å². The Balaban J connectivity index is 0.000000349. The van der Waals surface area contributed by atoms with Gasteiger partial charge in [-0.2, -0.15) is 0 Å². The number of hydrogen-bond acceptors (Lipinski definition) is 27. The van der Waals surface area contributed by atoms with E-state index in [1.807, 2.05) is 192 Å². The zero-order chi connectivity index (χ0) is 102. The van der Waals surface area contributed by atoms with Crippen molar-refractivity contribution in [1.82, 2.24) is 70.9 Å². The van der Waals surface area contributed by atoms with Crippen LogP contribution in [0.25, 0.3) is 11.0 Å². The van der Waals surface area contributed by atoms with Gasteiger partial charge in [-0.25, -0.2) is 19.6 Å². The molecule has 138 heavy (non-hydrogen) atoms. The van der Waals surface area contributed by atoms with Crippen molar-refractivity contribution in [3.8, 4) is 0 Å². The van der Waals surface area contributed by atoms with Crippen LogP contribution in [-0.4, -0.2) is 286 Å². The molecular formula is C101H154N14O19S4. The number of likely N-dealkylation sites (tertiary alicyclic amines) is 2. The third-order valence-electron chi connectivity index (χ3n) is 26.0. The van der Waals surface area contributed by atoms with E-state index >= 15 is 0 Å². The summed E-state index contributed by atoms with van der Waals surface area (Å²) in [5.41, 5.74) is 2.65. The van der Waals surface area contributed by atoms with Crippen molar-refractivity contribution in [1.29, 1.82) is 0 Å². The van der Waals surface area contributed by atoms with Gasteiger partial charge in [0.25, 0.3) is 0 Å². The Kier molecular flexibility index (Phi) is 51.3. The number of nitrogens with one attached hydrogen (secondary N) is 4. The fraction of sp³-hybridized carbons (Fsp3) is 0.624. The van der Waals surface area contributed by atoms with Crippen molar-refractivity contribution >= 4 is 114 Å². The van der Waals surface area contributed by atoms with Crippen molar-refractivity contribution in [3.05, 3.63) is 145 Å². The molecule has 2 fully saturated rings. The minimum absolute atomic E-state index is 0.00249. The van der Waals surface area contributed by atoms with E-state index < -0.39 is 109 Å². The molecule has 20 atom stereocenters.